The van der Waals surface area contributed by atoms with Gasteiger partial charge in [0.05, 0.1) is 16.2 Å². The summed E-state index contributed by atoms with van der Waals surface area (Å²) in [5.74, 6) is -0.319. The normalized spacial score (nSPS) is 12.0. The Balaban J connectivity index is 1.88. The Kier molecular flexibility index (Phi) is 6.95. The number of carbonyl (C=O) groups is 2. The van der Waals surface area contributed by atoms with Crippen LogP contribution in [0.2, 0.25) is 5.02 Å². The lowest BCUT2D eigenvalue weighted by Gasteiger charge is -2.16. The monoisotopic (exact) mass is 443 g/mol. The lowest BCUT2D eigenvalue weighted by atomic mass is 10.1. The molecule has 6 nitrogen and oxygen atoms in total. The Morgan fingerprint density at radius 1 is 1.23 bits per heavy atom. The summed E-state index contributed by atoms with van der Waals surface area (Å²) in [6, 6.07) is 11.8. The van der Waals surface area contributed by atoms with Crippen LogP contribution >= 0.6 is 23.4 Å². The van der Waals surface area contributed by atoms with Gasteiger partial charge in [0.1, 0.15) is 0 Å². The third-order valence-electron chi connectivity index (χ3n) is 4.52. The third-order valence-corrected chi connectivity index (χ3v) is 5.84. The number of benzene rings is 2. The first-order valence-electron chi connectivity index (χ1n) is 9.58. The SMILES string of the molecule is CCCn1c(SC(C)C(=O)Nc2cccc(C(C)=O)c2)nc2cc(Cl)ccc2c1=O. The van der Waals surface area contributed by atoms with Crippen LogP contribution in [0.1, 0.15) is 37.6 Å². The minimum Gasteiger partial charge on any atom is -0.325 e. The van der Waals surface area contributed by atoms with E-state index >= 15 is 0 Å². The molecule has 0 spiro atoms. The minimum absolute atomic E-state index is 0.0730. The zero-order chi connectivity index (χ0) is 21.8. The molecule has 0 aliphatic rings. The number of nitrogens with one attached hydrogen (secondary N) is 1. The highest BCUT2D eigenvalue weighted by Crippen LogP contribution is 2.25. The first-order valence-corrected chi connectivity index (χ1v) is 10.8. The molecule has 1 N–H and O–H groups in total. The second-order valence-electron chi connectivity index (χ2n) is 6.90. The highest BCUT2D eigenvalue weighted by Gasteiger charge is 2.20. The molecular weight excluding hydrogens is 422 g/mol. The lowest BCUT2D eigenvalue weighted by Crippen LogP contribution is -2.27. The number of anilines is 1. The molecule has 1 aromatic heterocycles. The van der Waals surface area contributed by atoms with Crippen molar-refractivity contribution in [1.29, 1.82) is 0 Å². The van der Waals surface area contributed by atoms with Gasteiger partial charge < -0.3 is 5.32 Å². The van der Waals surface area contributed by atoms with Gasteiger partial charge in [-0.2, -0.15) is 0 Å². The largest absolute Gasteiger partial charge is 0.325 e. The van der Waals surface area contributed by atoms with E-state index in [9.17, 15) is 14.4 Å². The van der Waals surface area contributed by atoms with Gasteiger partial charge in [0.15, 0.2) is 10.9 Å². The van der Waals surface area contributed by atoms with Gasteiger partial charge in [-0.25, -0.2) is 4.98 Å². The van der Waals surface area contributed by atoms with Crippen LogP contribution in [0.15, 0.2) is 52.4 Å². The maximum atomic E-state index is 12.9. The number of hydrogen-bond donors (Lipinski definition) is 1. The summed E-state index contributed by atoms with van der Waals surface area (Å²) in [6.45, 7) is 5.70. The molecule has 1 amide bonds. The molecule has 156 valence electrons. The van der Waals surface area contributed by atoms with Crippen molar-refractivity contribution in [1.82, 2.24) is 9.55 Å². The van der Waals surface area contributed by atoms with E-state index in [4.69, 9.17) is 11.6 Å². The molecule has 0 bridgehead atoms. The minimum atomic E-state index is -0.516. The second-order valence-corrected chi connectivity index (χ2v) is 8.64. The van der Waals surface area contributed by atoms with Crippen LogP contribution in [0.3, 0.4) is 0 Å². The molecule has 3 rings (SSSR count). The van der Waals surface area contributed by atoms with Gasteiger partial charge >= 0.3 is 0 Å². The number of halogens is 1. The lowest BCUT2D eigenvalue weighted by molar-refractivity contribution is -0.115. The number of ketones is 1. The van der Waals surface area contributed by atoms with Crippen molar-refractivity contribution in [2.24, 2.45) is 0 Å². The Morgan fingerprint density at radius 3 is 2.70 bits per heavy atom. The maximum absolute atomic E-state index is 12.9. The molecule has 2 aromatic carbocycles. The number of thioether (sulfide) groups is 1. The molecule has 1 atom stereocenters. The smallest absolute Gasteiger partial charge is 0.262 e. The Hall–Kier alpha value is -2.64. The van der Waals surface area contributed by atoms with E-state index in [0.29, 0.717) is 38.9 Å². The third kappa shape index (κ3) is 4.91. The maximum Gasteiger partial charge on any atom is 0.262 e. The molecule has 30 heavy (non-hydrogen) atoms. The van der Waals surface area contributed by atoms with Crippen molar-refractivity contribution in [2.75, 3.05) is 5.32 Å². The van der Waals surface area contributed by atoms with Crippen molar-refractivity contribution in [3.63, 3.8) is 0 Å². The number of Topliss-reactive ketones (excluding diaryl/α,β-unsaturated/α-hetero) is 1. The van der Waals surface area contributed by atoms with Crippen LogP contribution in [0.5, 0.6) is 0 Å². The van der Waals surface area contributed by atoms with Crippen molar-refractivity contribution >= 4 is 51.6 Å². The van der Waals surface area contributed by atoms with Gasteiger partial charge in [0.2, 0.25) is 5.91 Å². The molecule has 0 saturated carbocycles. The Labute approximate surface area is 183 Å². The average molecular weight is 444 g/mol. The van der Waals surface area contributed by atoms with Crippen molar-refractivity contribution < 1.29 is 9.59 Å². The topological polar surface area (TPSA) is 81.1 Å². The van der Waals surface area contributed by atoms with E-state index < -0.39 is 5.25 Å². The summed E-state index contributed by atoms with van der Waals surface area (Å²) in [6.07, 6.45) is 0.757. The molecule has 0 saturated heterocycles. The summed E-state index contributed by atoms with van der Waals surface area (Å²) in [4.78, 5) is 41.8. The summed E-state index contributed by atoms with van der Waals surface area (Å²) < 4.78 is 1.60. The molecule has 1 heterocycles. The highest BCUT2D eigenvalue weighted by atomic mass is 35.5. The first-order chi connectivity index (χ1) is 14.3. The van der Waals surface area contributed by atoms with Crippen molar-refractivity contribution in [2.45, 2.75) is 44.1 Å². The Morgan fingerprint density at radius 2 is 2.00 bits per heavy atom. The fourth-order valence-corrected chi connectivity index (χ4v) is 4.06. The Bertz CT molecular complexity index is 1180. The standard InChI is InChI=1S/C22H22ClN3O3S/c1-4-10-26-21(29)18-9-8-16(23)12-19(18)25-22(26)30-14(3)20(28)24-17-7-5-6-15(11-17)13(2)27/h5-9,11-12,14H,4,10H2,1-3H3,(H,24,28). The van der Waals surface area contributed by atoms with E-state index in [0.717, 1.165) is 6.42 Å². The van der Waals surface area contributed by atoms with Gasteiger partial charge in [0, 0.05) is 22.8 Å². The molecule has 1 unspecified atom stereocenters. The fraction of sp³-hybridized carbons (Fsp3) is 0.273. The van der Waals surface area contributed by atoms with Gasteiger partial charge in [-0.15, -0.1) is 0 Å². The number of carbonyl (C=O) groups excluding carboxylic acids is 2. The molecule has 3 aromatic rings. The molecule has 8 heteroatoms. The zero-order valence-electron chi connectivity index (χ0n) is 16.9. The van der Waals surface area contributed by atoms with Crippen LogP contribution in [-0.4, -0.2) is 26.5 Å². The van der Waals surface area contributed by atoms with E-state index in [-0.39, 0.29) is 17.2 Å². The number of rotatable bonds is 7. The van der Waals surface area contributed by atoms with Gasteiger partial charge in [-0.3, -0.25) is 19.0 Å². The number of fused-ring (bicyclic) bond motifs is 1. The number of aromatic nitrogens is 2. The van der Waals surface area contributed by atoms with Crippen LogP contribution in [-0.2, 0) is 11.3 Å². The van der Waals surface area contributed by atoms with E-state index in [2.05, 4.69) is 10.3 Å². The summed E-state index contributed by atoms with van der Waals surface area (Å²) in [5.41, 5.74) is 1.43. The highest BCUT2D eigenvalue weighted by molar-refractivity contribution is 8.00. The zero-order valence-corrected chi connectivity index (χ0v) is 18.5. The fourth-order valence-electron chi connectivity index (χ4n) is 2.96. The molecular formula is C22H22ClN3O3S. The summed E-state index contributed by atoms with van der Waals surface area (Å²) >= 11 is 7.27. The second kappa shape index (κ2) is 9.45. The van der Waals surface area contributed by atoms with Crippen LogP contribution < -0.4 is 10.9 Å². The molecule has 0 aliphatic heterocycles. The molecule has 0 aliphatic carbocycles. The quantitative estimate of drug-likeness (QED) is 0.323. The van der Waals surface area contributed by atoms with Gasteiger partial charge in [0.25, 0.3) is 5.56 Å². The van der Waals surface area contributed by atoms with Crippen molar-refractivity contribution in [3.8, 4) is 0 Å². The molecule has 0 radical (unpaired) electrons. The summed E-state index contributed by atoms with van der Waals surface area (Å²) in [5, 5.41) is 3.77. The van der Waals surface area contributed by atoms with E-state index in [1.54, 1.807) is 54.0 Å². The first kappa shape index (κ1) is 22.1. The van der Waals surface area contributed by atoms with Crippen LogP contribution in [0.4, 0.5) is 5.69 Å². The van der Waals surface area contributed by atoms with E-state index in [1.807, 2.05) is 6.92 Å². The summed E-state index contributed by atoms with van der Waals surface area (Å²) in [7, 11) is 0. The predicted octanol–water partition coefficient (Wildman–Crippen LogP) is 4.78. The van der Waals surface area contributed by atoms with Gasteiger partial charge in [-0.05, 0) is 50.6 Å². The number of nitrogens with zero attached hydrogens (tertiary/aromatic N) is 2. The van der Waals surface area contributed by atoms with Crippen molar-refractivity contribution in [3.05, 3.63) is 63.4 Å². The average Bonchev–Trinajstić information content (AvgIpc) is 2.70. The predicted molar refractivity (Wildman–Crippen MR) is 122 cm³/mol. The van der Waals surface area contributed by atoms with Crippen LogP contribution in [0.25, 0.3) is 10.9 Å². The number of hydrogen-bond acceptors (Lipinski definition) is 5. The van der Waals surface area contributed by atoms with E-state index in [1.165, 1.54) is 18.7 Å². The van der Waals surface area contributed by atoms with Crippen LogP contribution in [0, 0.1) is 0 Å². The molecule has 0 fully saturated rings. The van der Waals surface area contributed by atoms with Gasteiger partial charge in [-0.1, -0.05) is 42.4 Å². The number of amides is 1.